The van der Waals surface area contributed by atoms with Gasteiger partial charge in [0.25, 0.3) is 5.69 Å². The van der Waals surface area contributed by atoms with Crippen LogP contribution in [0.25, 0.3) is 0 Å². The maximum absolute atomic E-state index is 10.8. The number of hydrogen-bond acceptors (Lipinski definition) is 4. The fourth-order valence-electron chi connectivity index (χ4n) is 2.93. The molecule has 2 fully saturated rings. The van der Waals surface area contributed by atoms with Gasteiger partial charge in [-0.25, -0.2) is 0 Å². The van der Waals surface area contributed by atoms with E-state index in [9.17, 15) is 10.1 Å². The van der Waals surface area contributed by atoms with E-state index in [4.69, 9.17) is 11.6 Å². The van der Waals surface area contributed by atoms with Gasteiger partial charge in [0, 0.05) is 31.3 Å². The molecule has 1 N–H and O–H groups in total. The minimum absolute atomic E-state index is 0.0501. The van der Waals surface area contributed by atoms with Crippen molar-refractivity contribution in [3.8, 4) is 0 Å². The Morgan fingerprint density at radius 3 is 2.71 bits per heavy atom. The van der Waals surface area contributed by atoms with Crippen molar-refractivity contribution in [3.05, 3.63) is 33.3 Å². The Balaban J connectivity index is 1.78. The molecule has 1 heterocycles. The third-order valence-electron chi connectivity index (χ3n) is 4.26. The molecule has 3 rings (SSSR count). The standard InChI is InChI=1S/C15H20ClN3O2/c16-14-8-13(19(20)21)5-6-15(14)18(9-11-3-4-11)10-12-2-1-7-17-12/h5-6,8,11-12,17H,1-4,7,9-10H2. The maximum Gasteiger partial charge on any atom is 0.271 e. The van der Waals surface area contributed by atoms with Crippen molar-refractivity contribution in [3.63, 3.8) is 0 Å². The molecule has 6 heteroatoms. The van der Waals surface area contributed by atoms with Crippen LogP contribution in [0.5, 0.6) is 0 Å². The van der Waals surface area contributed by atoms with E-state index in [1.165, 1.54) is 31.7 Å². The summed E-state index contributed by atoms with van der Waals surface area (Å²) in [5, 5.41) is 14.8. The molecule has 1 aliphatic carbocycles. The SMILES string of the molecule is O=[N+]([O-])c1ccc(N(CC2CC2)CC2CCCN2)c(Cl)c1. The molecule has 1 saturated heterocycles. The Morgan fingerprint density at radius 1 is 1.33 bits per heavy atom. The van der Waals surface area contributed by atoms with E-state index >= 15 is 0 Å². The highest BCUT2D eigenvalue weighted by molar-refractivity contribution is 6.33. The highest BCUT2D eigenvalue weighted by atomic mass is 35.5. The van der Waals surface area contributed by atoms with Crippen LogP contribution >= 0.6 is 11.6 Å². The quantitative estimate of drug-likeness (QED) is 0.647. The zero-order chi connectivity index (χ0) is 14.8. The molecule has 2 aliphatic rings. The van der Waals surface area contributed by atoms with Crippen molar-refractivity contribution in [1.29, 1.82) is 0 Å². The summed E-state index contributed by atoms with van der Waals surface area (Å²) < 4.78 is 0. The molecule has 1 unspecified atom stereocenters. The summed E-state index contributed by atoms with van der Waals surface area (Å²) in [4.78, 5) is 12.7. The van der Waals surface area contributed by atoms with Crippen LogP contribution in [0.2, 0.25) is 5.02 Å². The van der Waals surface area contributed by atoms with Crippen LogP contribution in [0.15, 0.2) is 18.2 Å². The van der Waals surface area contributed by atoms with Crippen LogP contribution < -0.4 is 10.2 Å². The van der Waals surface area contributed by atoms with Gasteiger partial charge >= 0.3 is 0 Å². The van der Waals surface area contributed by atoms with Crippen molar-refractivity contribution < 1.29 is 4.92 Å². The number of nitrogens with one attached hydrogen (secondary N) is 1. The van der Waals surface area contributed by atoms with Crippen molar-refractivity contribution in [2.24, 2.45) is 5.92 Å². The molecular formula is C15H20ClN3O2. The lowest BCUT2D eigenvalue weighted by atomic mass is 10.1. The fraction of sp³-hybridized carbons (Fsp3) is 0.600. The Labute approximate surface area is 129 Å². The molecule has 1 saturated carbocycles. The third-order valence-corrected chi connectivity index (χ3v) is 4.56. The van der Waals surface area contributed by atoms with Gasteiger partial charge < -0.3 is 10.2 Å². The molecule has 0 spiro atoms. The molecule has 0 radical (unpaired) electrons. The van der Waals surface area contributed by atoms with Crippen LogP contribution in [0.1, 0.15) is 25.7 Å². The van der Waals surface area contributed by atoms with Gasteiger partial charge in [-0.15, -0.1) is 0 Å². The molecule has 5 nitrogen and oxygen atoms in total. The zero-order valence-electron chi connectivity index (χ0n) is 11.9. The van der Waals surface area contributed by atoms with E-state index in [0.29, 0.717) is 11.1 Å². The first-order chi connectivity index (χ1) is 10.1. The molecule has 0 aromatic heterocycles. The molecule has 114 valence electrons. The summed E-state index contributed by atoms with van der Waals surface area (Å²) in [6.45, 7) is 3.00. The first-order valence-corrected chi connectivity index (χ1v) is 7.93. The lowest BCUT2D eigenvalue weighted by molar-refractivity contribution is -0.384. The van der Waals surface area contributed by atoms with Crippen molar-refractivity contribution in [2.75, 3.05) is 24.5 Å². The molecule has 0 bridgehead atoms. The summed E-state index contributed by atoms with van der Waals surface area (Å²) in [7, 11) is 0. The third kappa shape index (κ3) is 3.66. The van der Waals surface area contributed by atoms with E-state index < -0.39 is 4.92 Å². The number of halogens is 1. The Kier molecular flexibility index (Phi) is 4.31. The molecule has 1 aromatic carbocycles. The van der Waals surface area contributed by atoms with Gasteiger partial charge in [0.2, 0.25) is 0 Å². The van der Waals surface area contributed by atoms with Gasteiger partial charge in [-0.2, -0.15) is 0 Å². The van der Waals surface area contributed by atoms with Gasteiger partial charge in [-0.3, -0.25) is 10.1 Å². The van der Waals surface area contributed by atoms with E-state index in [1.54, 1.807) is 12.1 Å². The Hall–Kier alpha value is -1.33. The topological polar surface area (TPSA) is 58.4 Å². The first kappa shape index (κ1) is 14.6. The highest BCUT2D eigenvalue weighted by Crippen LogP contribution is 2.35. The van der Waals surface area contributed by atoms with E-state index in [1.807, 2.05) is 0 Å². The van der Waals surface area contributed by atoms with E-state index in [-0.39, 0.29) is 5.69 Å². The monoisotopic (exact) mass is 309 g/mol. The second-order valence-electron chi connectivity index (χ2n) is 6.03. The highest BCUT2D eigenvalue weighted by Gasteiger charge is 2.28. The number of benzene rings is 1. The van der Waals surface area contributed by atoms with Crippen LogP contribution in [0.4, 0.5) is 11.4 Å². The summed E-state index contributed by atoms with van der Waals surface area (Å²) in [5.41, 5.74) is 0.969. The lowest BCUT2D eigenvalue weighted by Crippen LogP contribution is -2.38. The number of nitro benzene ring substituents is 1. The Bertz CT molecular complexity index is 528. The van der Waals surface area contributed by atoms with Crippen molar-refractivity contribution >= 4 is 23.0 Å². The van der Waals surface area contributed by atoms with Crippen LogP contribution in [-0.2, 0) is 0 Å². The average molecular weight is 310 g/mol. The second-order valence-corrected chi connectivity index (χ2v) is 6.44. The van der Waals surface area contributed by atoms with Gasteiger partial charge in [-0.05, 0) is 44.2 Å². The Morgan fingerprint density at radius 2 is 2.14 bits per heavy atom. The average Bonchev–Trinajstić information content (AvgIpc) is 3.11. The van der Waals surface area contributed by atoms with Gasteiger partial charge in [-0.1, -0.05) is 11.6 Å². The summed E-state index contributed by atoms with van der Waals surface area (Å²) >= 11 is 6.29. The molecule has 21 heavy (non-hydrogen) atoms. The normalized spacial score (nSPS) is 21.5. The summed E-state index contributed by atoms with van der Waals surface area (Å²) in [6.07, 6.45) is 4.96. The molecule has 1 aliphatic heterocycles. The van der Waals surface area contributed by atoms with Gasteiger partial charge in [0.1, 0.15) is 0 Å². The first-order valence-electron chi connectivity index (χ1n) is 7.56. The number of non-ortho nitro benzene ring substituents is 1. The largest absolute Gasteiger partial charge is 0.368 e. The van der Waals surface area contributed by atoms with E-state index in [0.717, 1.165) is 31.2 Å². The van der Waals surface area contributed by atoms with Gasteiger partial charge in [0.05, 0.1) is 15.6 Å². The van der Waals surface area contributed by atoms with E-state index in [2.05, 4.69) is 10.2 Å². The number of rotatable bonds is 6. The smallest absolute Gasteiger partial charge is 0.271 e. The predicted octanol–water partition coefficient (Wildman–Crippen LogP) is 3.22. The maximum atomic E-state index is 10.8. The van der Waals surface area contributed by atoms with Crippen molar-refractivity contribution in [1.82, 2.24) is 5.32 Å². The minimum Gasteiger partial charge on any atom is -0.368 e. The predicted molar refractivity (Wildman–Crippen MR) is 84.1 cm³/mol. The molecule has 1 aromatic rings. The molecule has 1 atom stereocenters. The fourth-order valence-corrected chi connectivity index (χ4v) is 3.22. The summed E-state index contributed by atoms with van der Waals surface area (Å²) in [6, 6.07) is 5.29. The second kappa shape index (κ2) is 6.20. The number of hydrogen-bond donors (Lipinski definition) is 1. The van der Waals surface area contributed by atoms with Crippen LogP contribution in [-0.4, -0.2) is 30.6 Å². The number of nitrogens with zero attached hydrogens (tertiary/aromatic N) is 2. The lowest BCUT2D eigenvalue weighted by Gasteiger charge is -2.28. The molecular weight excluding hydrogens is 290 g/mol. The zero-order valence-corrected chi connectivity index (χ0v) is 12.7. The minimum atomic E-state index is -0.403. The van der Waals surface area contributed by atoms with Gasteiger partial charge in [0.15, 0.2) is 0 Å². The number of anilines is 1. The van der Waals surface area contributed by atoms with Crippen molar-refractivity contribution in [2.45, 2.75) is 31.7 Å². The number of nitro groups is 1. The molecule has 0 amide bonds. The summed E-state index contributed by atoms with van der Waals surface area (Å²) in [5.74, 6) is 0.748. The van der Waals surface area contributed by atoms with Crippen LogP contribution in [0.3, 0.4) is 0 Å². The van der Waals surface area contributed by atoms with Crippen LogP contribution in [0, 0.1) is 16.0 Å².